The summed E-state index contributed by atoms with van der Waals surface area (Å²) in [6.45, 7) is 6.87. The molecule has 0 aliphatic carbocycles. The second-order valence-corrected chi connectivity index (χ2v) is 7.29. The number of halogens is 4. The molecule has 1 rings (SSSR count). The summed E-state index contributed by atoms with van der Waals surface area (Å²) in [6.07, 6.45) is -4.61. The molecule has 0 aliphatic rings. The lowest BCUT2D eigenvalue weighted by Crippen LogP contribution is -2.31. The highest BCUT2D eigenvalue weighted by atomic mass is 35.5. The molecule has 0 saturated heterocycles. The number of nitrogens with one attached hydrogen (secondary N) is 1. The maximum atomic E-state index is 13.0. The molecule has 0 fully saturated rings. The molecule has 3 nitrogen and oxygen atoms in total. The molecule has 0 bridgehead atoms. The third-order valence-electron chi connectivity index (χ3n) is 3.21. The zero-order valence-corrected chi connectivity index (χ0v) is 15.8. The van der Waals surface area contributed by atoms with Crippen LogP contribution in [0, 0.1) is 0 Å². The Morgan fingerprint density at radius 1 is 1.38 bits per heavy atom. The molecule has 1 aromatic rings. The van der Waals surface area contributed by atoms with Crippen molar-refractivity contribution in [2.24, 2.45) is 0 Å². The normalized spacial score (nSPS) is 12.6. The van der Waals surface area contributed by atoms with Gasteiger partial charge in [-0.05, 0) is 39.0 Å². The SMILES string of the molecule is CCN(CC)C(=S)SC(C)C(=O)Nc1ccc(Cl)cc1C(F)(F)F. The van der Waals surface area contributed by atoms with Crippen LogP contribution in [-0.2, 0) is 11.0 Å². The first kappa shape index (κ1) is 21.1. The molecule has 0 aliphatic heterocycles. The highest BCUT2D eigenvalue weighted by Crippen LogP contribution is 2.36. The van der Waals surface area contributed by atoms with Gasteiger partial charge in [-0.3, -0.25) is 4.79 Å². The fraction of sp³-hybridized carbons (Fsp3) is 0.467. The summed E-state index contributed by atoms with van der Waals surface area (Å²) < 4.78 is 39.7. The van der Waals surface area contributed by atoms with Crippen molar-refractivity contribution < 1.29 is 18.0 Å². The average molecular weight is 399 g/mol. The van der Waals surface area contributed by atoms with Gasteiger partial charge in [0.15, 0.2) is 0 Å². The molecule has 0 spiro atoms. The molecule has 1 N–H and O–H groups in total. The lowest BCUT2D eigenvalue weighted by Gasteiger charge is -2.23. The highest BCUT2D eigenvalue weighted by Gasteiger charge is 2.34. The number of alkyl halides is 3. The summed E-state index contributed by atoms with van der Waals surface area (Å²) in [5.74, 6) is -0.553. The van der Waals surface area contributed by atoms with E-state index in [1.807, 2.05) is 18.7 Å². The zero-order chi connectivity index (χ0) is 18.5. The number of benzene rings is 1. The van der Waals surface area contributed by atoms with Crippen molar-refractivity contribution in [3.8, 4) is 0 Å². The van der Waals surface area contributed by atoms with Gasteiger partial charge in [0, 0.05) is 18.1 Å². The largest absolute Gasteiger partial charge is 0.418 e. The standard InChI is InChI=1S/C15H18ClF3N2OS2/c1-4-21(5-2)14(23)24-9(3)13(22)20-12-7-6-10(16)8-11(12)15(17,18)19/h6-9H,4-5H2,1-3H3,(H,20,22). The van der Waals surface area contributed by atoms with Crippen LogP contribution in [0.3, 0.4) is 0 Å². The van der Waals surface area contributed by atoms with Crippen LogP contribution >= 0.6 is 35.6 Å². The van der Waals surface area contributed by atoms with E-state index in [4.69, 9.17) is 23.8 Å². The van der Waals surface area contributed by atoms with Crippen molar-refractivity contribution in [3.63, 3.8) is 0 Å². The van der Waals surface area contributed by atoms with E-state index in [1.165, 1.54) is 6.07 Å². The van der Waals surface area contributed by atoms with Gasteiger partial charge in [-0.1, -0.05) is 35.6 Å². The fourth-order valence-corrected chi connectivity index (χ4v) is 3.59. The van der Waals surface area contributed by atoms with Crippen LogP contribution < -0.4 is 5.32 Å². The summed E-state index contributed by atoms with van der Waals surface area (Å²) in [7, 11) is 0. The first-order chi connectivity index (χ1) is 11.1. The monoisotopic (exact) mass is 398 g/mol. The molecule has 134 valence electrons. The third kappa shape index (κ3) is 5.82. The van der Waals surface area contributed by atoms with Crippen LogP contribution in [0.2, 0.25) is 5.02 Å². The number of carbonyl (C=O) groups excluding carboxylic acids is 1. The van der Waals surface area contributed by atoms with Crippen LogP contribution in [0.25, 0.3) is 0 Å². The van der Waals surface area contributed by atoms with Gasteiger partial charge < -0.3 is 10.2 Å². The summed E-state index contributed by atoms with van der Waals surface area (Å²) in [5.41, 5.74) is -1.30. The number of thioether (sulfide) groups is 1. The lowest BCUT2D eigenvalue weighted by atomic mass is 10.1. The van der Waals surface area contributed by atoms with Gasteiger partial charge >= 0.3 is 6.18 Å². The minimum atomic E-state index is -4.61. The molecule has 24 heavy (non-hydrogen) atoms. The van der Waals surface area contributed by atoms with Crippen molar-refractivity contribution in [2.45, 2.75) is 32.2 Å². The van der Waals surface area contributed by atoms with Gasteiger partial charge in [-0.25, -0.2) is 0 Å². The van der Waals surface area contributed by atoms with Gasteiger partial charge in [0.1, 0.15) is 4.32 Å². The zero-order valence-electron chi connectivity index (χ0n) is 13.4. The maximum Gasteiger partial charge on any atom is 0.418 e. The van der Waals surface area contributed by atoms with Gasteiger partial charge in [0.25, 0.3) is 0 Å². The molecule has 0 aromatic heterocycles. The van der Waals surface area contributed by atoms with Crippen molar-refractivity contribution >= 4 is 51.5 Å². The molecule has 1 unspecified atom stereocenters. The summed E-state index contributed by atoms with van der Waals surface area (Å²) in [5, 5.41) is 1.63. The number of anilines is 1. The van der Waals surface area contributed by atoms with Crippen LogP contribution in [0.4, 0.5) is 18.9 Å². The number of carbonyl (C=O) groups is 1. The summed E-state index contributed by atoms with van der Waals surface area (Å²) >= 11 is 12.0. The van der Waals surface area contributed by atoms with E-state index >= 15 is 0 Å². The quantitative estimate of drug-likeness (QED) is 0.704. The van der Waals surface area contributed by atoms with E-state index in [-0.39, 0.29) is 10.7 Å². The minimum Gasteiger partial charge on any atom is -0.358 e. The topological polar surface area (TPSA) is 32.3 Å². The molecule has 9 heteroatoms. The Balaban J connectivity index is 2.86. The highest BCUT2D eigenvalue weighted by molar-refractivity contribution is 8.23. The Kier molecular flexibility index (Phi) is 7.82. The first-order valence-corrected chi connectivity index (χ1v) is 8.89. The van der Waals surface area contributed by atoms with Gasteiger partial charge in [0.2, 0.25) is 5.91 Å². The van der Waals surface area contributed by atoms with E-state index in [1.54, 1.807) is 6.92 Å². The Morgan fingerprint density at radius 2 is 1.96 bits per heavy atom. The Hall–Kier alpha value is -0.990. The van der Waals surface area contributed by atoms with Crippen LogP contribution in [0.5, 0.6) is 0 Å². The molecule has 1 aromatic carbocycles. The second-order valence-electron chi connectivity index (χ2n) is 4.88. The van der Waals surface area contributed by atoms with E-state index in [0.717, 1.165) is 23.9 Å². The predicted octanol–water partition coefficient (Wildman–Crippen LogP) is 5.05. The van der Waals surface area contributed by atoms with Gasteiger partial charge in [-0.15, -0.1) is 0 Å². The predicted molar refractivity (Wildman–Crippen MR) is 97.7 cm³/mol. The van der Waals surface area contributed by atoms with E-state index in [2.05, 4.69) is 5.32 Å². The Bertz CT molecular complexity index is 607. The first-order valence-electron chi connectivity index (χ1n) is 7.23. The average Bonchev–Trinajstić information content (AvgIpc) is 2.49. The minimum absolute atomic E-state index is 0.0505. The maximum absolute atomic E-state index is 13.0. The van der Waals surface area contributed by atoms with Gasteiger partial charge in [-0.2, -0.15) is 13.2 Å². The molecular formula is C15H18ClF3N2OS2. The van der Waals surface area contributed by atoms with Crippen molar-refractivity contribution in [2.75, 3.05) is 18.4 Å². The number of hydrogen-bond donors (Lipinski definition) is 1. The second kappa shape index (κ2) is 8.92. The molecular weight excluding hydrogens is 381 g/mol. The smallest absolute Gasteiger partial charge is 0.358 e. The van der Waals surface area contributed by atoms with Crippen molar-refractivity contribution in [1.29, 1.82) is 0 Å². The fourth-order valence-electron chi connectivity index (χ4n) is 1.86. The molecule has 1 amide bonds. The third-order valence-corrected chi connectivity index (χ3v) is 5.02. The molecule has 0 radical (unpaired) electrons. The van der Waals surface area contributed by atoms with Gasteiger partial charge in [0.05, 0.1) is 16.5 Å². The number of amides is 1. The molecule has 0 saturated carbocycles. The van der Waals surface area contributed by atoms with Crippen LogP contribution in [0.15, 0.2) is 18.2 Å². The Morgan fingerprint density at radius 3 is 2.46 bits per heavy atom. The van der Waals surface area contributed by atoms with Crippen LogP contribution in [0.1, 0.15) is 26.3 Å². The van der Waals surface area contributed by atoms with Crippen LogP contribution in [-0.4, -0.2) is 33.5 Å². The molecule has 1 atom stereocenters. The number of rotatable bonds is 5. The lowest BCUT2D eigenvalue weighted by molar-refractivity contribution is -0.137. The summed E-state index contributed by atoms with van der Waals surface area (Å²) in [4.78, 5) is 14.1. The molecule has 0 heterocycles. The van der Waals surface area contributed by atoms with E-state index in [9.17, 15) is 18.0 Å². The number of hydrogen-bond acceptors (Lipinski definition) is 3. The summed E-state index contributed by atoms with van der Waals surface area (Å²) in [6, 6.07) is 3.23. The van der Waals surface area contributed by atoms with Crippen molar-refractivity contribution in [3.05, 3.63) is 28.8 Å². The van der Waals surface area contributed by atoms with E-state index in [0.29, 0.717) is 17.4 Å². The Labute approximate surface area is 153 Å². The van der Waals surface area contributed by atoms with Crippen molar-refractivity contribution in [1.82, 2.24) is 4.90 Å². The number of nitrogens with zero attached hydrogens (tertiary/aromatic N) is 1. The number of thiocarbonyl (C=S) groups is 1. The van der Waals surface area contributed by atoms with E-state index < -0.39 is 22.9 Å².